The normalized spacial score (nSPS) is 11.5. The van der Waals surface area contributed by atoms with Crippen LogP contribution < -0.4 is 0 Å². The molecule has 0 aromatic heterocycles. The van der Waals surface area contributed by atoms with Crippen LogP contribution in [0.5, 0.6) is 0 Å². The molecule has 0 aliphatic heterocycles. The summed E-state index contributed by atoms with van der Waals surface area (Å²) in [5, 5.41) is 9.95. The van der Waals surface area contributed by atoms with Gasteiger partial charge in [-0.3, -0.25) is 0 Å². The van der Waals surface area contributed by atoms with Crippen molar-refractivity contribution >= 4 is 15.9 Å². The van der Waals surface area contributed by atoms with Crippen LogP contribution in [0.15, 0.2) is 0 Å². The molecule has 0 aromatic rings. The van der Waals surface area contributed by atoms with Gasteiger partial charge in [0.25, 0.3) is 0 Å². The Morgan fingerprint density at radius 1 is 0.242 bits per heavy atom. The van der Waals surface area contributed by atoms with Crippen LogP contribution in [-0.2, 0) is 0 Å². The smallest absolute Gasteiger partial charge is 0.0431 e. The highest BCUT2D eigenvalue weighted by atomic mass is 79.9. The van der Waals surface area contributed by atoms with Crippen LogP contribution in [0, 0.1) is 0 Å². The molecule has 0 saturated heterocycles. The fraction of sp³-hybridized carbons (Fsp3) is 1.00. The summed E-state index contributed by atoms with van der Waals surface area (Å²) in [6.07, 6.45) is 41.4. The van der Waals surface area contributed by atoms with Crippen molar-refractivity contribution in [1.82, 2.24) is 0 Å². The third-order valence-electron chi connectivity index (χ3n) is 7.29. The molecule has 33 heavy (non-hydrogen) atoms. The number of aliphatic hydroxyl groups excluding tert-OH is 1. The Kier molecular flexibility index (Phi) is 32.9. The van der Waals surface area contributed by atoms with Crippen LogP contribution in [0.2, 0.25) is 0 Å². The molecule has 2 heteroatoms. The molecule has 200 valence electrons. The number of hydrogen-bond donors (Lipinski definition) is 1. The molecule has 0 amide bonds. The molecule has 0 rings (SSSR count). The van der Waals surface area contributed by atoms with Crippen LogP contribution in [0.4, 0.5) is 0 Å². The lowest BCUT2D eigenvalue weighted by atomic mass is 10.0. The van der Waals surface area contributed by atoms with Gasteiger partial charge in [-0.25, -0.2) is 0 Å². The molecule has 0 aliphatic rings. The average molecular weight is 532 g/mol. The van der Waals surface area contributed by atoms with Gasteiger partial charge in [-0.2, -0.15) is 0 Å². The zero-order chi connectivity index (χ0) is 23.9. The van der Waals surface area contributed by atoms with E-state index < -0.39 is 0 Å². The Balaban J connectivity index is 2.99. The number of aliphatic hydroxyl groups is 1. The zero-order valence-electron chi connectivity index (χ0n) is 22.7. The lowest BCUT2D eigenvalue weighted by Crippen LogP contribution is -1.85. The highest BCUT2D eigenvalue weighted by Crippen LogP contribution is 2.16. The summed E-state index contributed by atoms with van der Waals surface area (Å²) in [5.41, 5.74) is 0. The predicted octanol–water partition coefficient (Wildman–Crippen LogP) is 11.7. The molecule has 0 fully saturated rings. The molecule has 0 unspecified atom stereocenters. The first-order valence-corrected chi connectivity index (χ1v) is 16.7. The number of hydrogen-bond acceptors (Lipinski definition) is 1. The largest absolute Gasteiger partial charge is 0.396 e. The van der Waals surface area contributed by atoms with E-state index in [4.69, 9.17) is 5.11 Å². The SMILES string of the molecule is OCCCCCCCCCCCCCCCCCCCCCCCCCCCCCCCBr. The minimum Gasteiger partial charge on any atom is -0.396 e. The minimum atomic E-state index is 0.374. The summed E-state index contributed by atoms with van der Waals surface area (Å²) in [5.74, 6) is 0. The van der Waals surface area contributed by atoms with Gasteiger partial charge in [-0.1, -0.05) is 189 Å². The monoisotopic (exact) mass is 530 g/mol. The summed E-state index contributed by atoms with van der Waals surface area (Å²) < 4.78 is 0. The van der Waals surface area contributed by atoms with E-state index in [0.717, 1.165) is 6.42 Å². The second kappa shape index (κ2) is 32.4. The second-order valence-electron chi connectivity index (χ2n) is 10.7. The Hall–Kier alpha value is 0.440. The highest BCUT2D eigenvalue weighted by molar-refractivity contribution is 9.09. The number of unbranched alkanes of at least 4 members (excludes halogenated alkanes) is 28. The first-order valence-electron chi connectivity index (χ1n) is 15.6. The van der Waals surface area contributed by atoms with Crippen molar-refractivity contribution in [3.05, 3.63) is 0 Å². The third-order valence-corrected chi connectivity index (χ3v) is 7.85. The molecule has 0 heterocycles. The lowest BCUT2D eigenvalue weighted by Gasteiger charge is -2.04. The van der Waals surface area contributed by atoms with Gasteiger partial charge in [0.2, 0.25) is 0 Å². The fourth-order valence-electron chi connectivity index (χ4n) is 4.98. The summed E-state index contributed by atoms with van der Waals surface area (Å²) in [4.78, 5) is 0. The van der Waals surface area contributed by atoms with Crippen molar-refractivity contribution < 1.29 is 5.11 Å². The Labute approximate surface area is 218 Å². The van der Waals surface area contributed by atoms with Crippen LogP contribution in [0.3, 0.4) is 0 Å². The van der Waals surface area contributed by atoms with Crippen molar-refractivity contribution in [1.29, 1.82) is 0 Å². The van der Waals surface area contributed by atoms with Crippen LogP contribution in [0.25, 0.3) is 0 Å². The lowest BCUT2D eigenvalue weighted by molar-refractivity contribution is 0.282. The van der Waals surface area contributed by atoms with Crippen molar-refractivity contribution in [2.45, 2.75) is 186 Å². The van der Waals surface area contributed by atoms with Crippen molar-refractivity contribution in [3.8, 4) is 0 Å². The van der Waals surface area contributed by atoms with E-state index in [1.807, 2.05) is 0 Å². The molecule has 1 nitrogen and oxygen atoms in total. The van der Waals surface area contributed by atoms with E-state index in [2.05, 4.69) is 15.9 Å². The van der Waals surface area contributed by atoms with E-state index in [-0.39, 0.29) is 0 Å². The van der Waals surface area contributed by atoms with E-state index in [1.165, 1.54) is 185 Å². The summed E-state index contributed by atoms with van der Waals surface area (Å²) in [6.45, 7) is 0.374. The molecule has 0 atom stereocenters. The molecule has 0 spiro atoms. The maximum Gasteiger partial charge on any atom is 0.0431 e. The quantitative estimate of drug-likeness (QED) is 0.0722. The Morgan fingerprint density at radius 3 is 0.545 bits per heavy atom. The topological polar surface area (TPSA) is 20.2 Å². The minimum absolute atomic E-state index is 0.374. The predicted molar refractivity (Wildman–Crippen MR) is 155 cm³/mol. The van der Waals surface area contributed by atoms with Crippen molar-refractivity contribution in [2.24, 2.45) is 0 Å². The molecule has 0 radical (unpaired) electrons. The van der Waals surface area contributed by atoms with Gasteiger partial charge in [-0.15, -0.1) is 0 Å². The molecule has 0 aromatic carbocycles. The first-order chi connectivity index (χ1) is 16.4. The van der Waals surface area contributed by atoms with E-state index in [0.29, 0.717) is 6.61 Å². The fourth-order valence-corrected chi connectivity index (χ4v) is 5.38. The summed E-state index contributed by atoms with van der Waals surface area (Å²) >= 11 is 3.51. The molecular formula is C31H63BrO. The van der Waals surface area contributed by atoms with Gasteiger partial charge < -0.3 is 5.11 Å². The summed E-state index contributed by atoms with van der Waals surface area (Å²) in [7, 11) is 0. The van der Waals surface area contributed by atoms with Gasteiger partial charge in [0.05, 0.1) is 0 Å². The Morgan fingerprint density at radius 2 is 0.394 bits per heavy atom. The maximum atomic E-state index is 8.77. The number of halogens is 1. The van der Waals surface area contributed by atoms with Gasteiger partial charge in [0, 0.05) is 11.9 Å². The van der Waals surface area contributed by atoms with Gasteiger partial charge >= 0.3 is 0 Å². The molecular weight excluding hydrogens is 468 g/mol. The Bertz CT molecular complexity index is 290. The van der Waals surface area contributed by atoms with Gasteiger partial charge in [0.15, 0.2) is 0 Å². The second-order valence-corrected chi connectivity index (χ2v) is 11.5. The first kappa shape index (κ1) is 33.4. The van der Waals surface area contributed by atoms with E-state index in [9.17, 15) is 0 Å². The number of alkyl halides is 1. The van der Waals surface area contributed by atoms with Crippen LogP contribution in [0.1, 0.15) is 186 Å². The zero-order valence-corrected chi connectivity index (χ0v) is 24.3. The molecule has 0 aliphatic carbocycles. The van der Waals surface area contributed by atoms with E-state index >= 15 is 0 Å². The van der Waals surface area contributed by atoms with Crippen molar-refractivity contribution in [3.63, 3.8) is 0 Å². The van der Waals surface area contributed by atoms with Crippen molar-refractivity contribution in [2.75, 3.05) is 11.9 Å². The van der Waals surface area contributed by atoms with Crippen LogP contribution in [-0.4, -0.2) is 17.0 Å². The molecule has 0 bridgehead atoms. The van der Waals surface area contributed by atoms with E-state index in [1.54, 1.807) is 0 Å². The van der Waals surface area contributed by atoms with Gasteiger partial charge in [0.1, 0.15) is 0 Å². The highest BCUT2D eigenvalue weighted by Gasteiger charge is 1.96. The molecule has 1 N–H and O–H groups in total. The third kappa shape index (κ3) is 32.4. The van der Waals surface area contributed by atoms with Gasteiger partial charge in [-0.05, 0) is 12.8 Å². The van der Waals surface area contributed by atoms with Crippen LogP contribution >= 0.6 is 15.9 Å². The molecule has 0 saturated carbocycles. The summed E-state index contributed by atoms with van der Waals surface area (Å²) in [6, 6.07) is 0. The standard InChI is InChI=1S/C31H63BrO/c32-30-28-26-24-22-20-18-16-14-12-10-8-6-4-2-1-3-5-7-9-11-13-15-17-19-21-23-25-27-29-31-33/h33H,1-31H2. The average Bonchev–Trinajstić information content (AvgIpc) is 2.83. The maximum absolute atomic E-state index is 8.77. The number of rotatable bonds is 30.